The van der Waals surface area contributed by atoms with Crippen LogP contribution in [0.3, 0.4) is 0 Å². The van der Waals surface area contributed by atoms with Crippen molar-refractivity contribution >= 4 is 40.3 Å². The number of anilines is 2. The van der Waals surface area contributed by atoms with E-state index >= 15 is 0 Å². The number of benzene rings is 1. The summed E-state index contributed by atoms with van der Waals surface area (Å²) in [6.07, 6.45) is 2.98. The Hall–Kier alpha value is -1.79. The molecule has 0 unspecified atom stereocenters. The SMILES string of the molecule is NC(=S)c1nccnc1Nc1ccc(F)c(Cl)c1. The monoisotopic (exact) mass is 282 g/mol. The summed E-state index contributed by atoms with van der Waals surface area (Å²) in [6.45, 7) is 0. The second kappa shape index (κ2) is 5.24. The molecule has 3 N–H and O–H groups in total. The molecule has 0 saturated carbocycles. The predicted molar refractivity (Wildman–Crippen MR) is 72.6 cm³/mol. The highest BCUT2D eigenvalue weighted by atomic mass is 35.5. The van der Waals surface area contributed by atoms with E-state index in [-0.39, 0.29) is 10.0 Å². The molecule has 0 amide bonds. The Bertz CT molecular complexity index is 605. The number of halogens is 2. The van der Waals surface area contributed by atoms with Crippen LogP contribution >= 0.6 is 23.8 Å². The van der Waals surface area contributed by atoms with E-state index in [1.54, 1.807) is 0 Å². The van der Waals surface area contributed by atoms with Crippen molar-refractivity contribution in [1.29, 1.82) is 0 Å². The molecule has 0 aliphatic heterocycles. The van der Waals surface area contributed by atoms with Crippen molar-refractivity contribution < 1.29 is 4.39 Å². The smallest absolute Gasteiger partial charge is 0.159 e. The lowest BCUT2D eigenvalue weighted by atomic mass is 10.3. The van der Waals surface area contributed by atoms with E-state index in [0.29, 0.717) is 17.2 Å². The fourth-order valence-electron chi connectivity index (χ4n) is 1.32. The largest absolute Gasteiger partial charge is 0.388 e. The molecule has 92 valence electrons. The first kappa shape index (κ1) is 12.7. The molecule has 0 aliphatic rings. The first-order valence-corrected chi connectivity index (χ1v) is 5.69. The Balaban J connectivity index is 2.34. The van der Waals surface area contributed by atoms with Crippen LogP contribution in [0.5, 0.6) is 0 Å². The lowest BCUT2D eigenvalue weighted by molar-refractivity contribution is 0.628. The van der Waals surface area contributed by atoms with E-state index in [0.717, 1.165) is 0 Å². The third kappa shape index (κ3) is 2.72. The number of nitrogens with one attached hydrogen (secondary N) is 1. The zero-order valence-electron chi connectivity index (χ0n) is 9.02. The predicted octanol–water partition coefficient (Wildman–Crippen LogP) is 2.65. The molecule has 4 nitrogen and oxygen atoms in total. The second-order valence-corrected chi connectivity index (χ2v) is 4.22. The van der Waals surface area contributed by atoms with Crippen LogP contribution < -0.4 is 11.1 Å². The highest BCUT2D eigenvalue weighted by Gasteiger charge is 2.08. The minimum absolute atomic E-state index is 0.0146. The number of hydrogen-bond acceptors (Lipinski definition) is 4. The fraction of sp³-hybridized carbons (Fsp3) is 0. The van der Waals surface area contributed by atoms with Gasteiger partial charge >= 0.3 is 0 Å². The van der Waals surface area contributed by atoms with Crippen LogP contribution in [0.4, 0.5) is 15.9 Å². The van der Waals surface area contributed by atoms with Crippen molar-refractivity contribution in [2.24, 2.45) is 5.73 Å². The van der Waals surface area contributed by atoms with E-state index < -0.39 is 5.82 Å². The summed E-state index contributed by atoms with van der Waals surface area (Å²) in [7, 11) is 0. The molecule has 1 heterocycles. The molecule has 2 aromatic rings. The van der Waals surface area contributed by atoms with Crippen LogP contribution in [0.25, 0.3) is 0 Å². The van der Waals surface area contributed by atoms with Crippen LogP contribution in [-0.2, 0) is 0 Å². The first-order valence-electron chi connectivity index (χ1n) is 4.91. The molecule has 0 saturated heterocycles. The average molecular weight is 283 g/mol. The van der Waals surface area contributed by atoms with Gasteiger partial charge in [-0.05, 0) is 18.2 Å². The van der Waals surface area contributed by atoms with Crippen molar-refractivity contribution in [2.45, 2.75) is 0 Å². The number of aromatic nitrogens is 2. The number of rotatable bonds is 3. The summed E-state index contributed by atoms with van der Waals surface area (Å²) in [5.41, 5.74) is 6.46. The molecule has 0 bridgehead atoms. The molecule has 18 heavy (non-hydrogen) atoms. The molecule has 0 spiro atoms. The minimum atomic E-state index is -0.490. The van der Waals surface area contributed by atoms with Crippen molar-refractivity contribution in [1.82, 2.24) is 9.97 Å². The van der Waals surface area contributed by atoms with Gasteiger partial charge in [-0.15, -0.1) is 0 Å². The summed E-state index contributed by atoms with van der Waals surface area (Å²) in [4.78, 5) is 8.21. The number of hydrogen-bond donors (Lipinski definition) is 2. The van der Waals surface area contributed by atoms with Crippen LogP contribution in [-0.4, -0.2) is 15.0 Å². The standard InChI is InChI=1S/C11H8ClFN4S/c12-7-5-6(1-2-8(7)13)17-11-9(10(14)18)15-3-4-16-11/h1-5H,(H2,14,18)(H,16,17). The van der Waals surface area contributed by atoms with E-state index in [2.05, 4.69) is 15.3 Å². The molecule has 0 atom stereocenters. The summed E-state index contributed by atoms with van der Waals surface area (Å²) in [6, 6.07) is 4.22. The van der Waals surface area contributed by atoms with Crippen molar-refractivity contribution in [3.8, 4) is 0 Å². The Kier molecular flexibility index (Phi) is 3.69. The van der Waals surface area contributed by atoms with Gasteiger partial charge in [-0.2, -0.15) is 0 Å². The van der Waals surface area contributed by atoms with Gasteiger partial charge in [0.15, 0.2) is 5.82 Å². The molecule has 7 heteroatoms. The molecular weight excluding hydrogens is 275 g/mol. The highest BCUT2D eigenvalue weighted by Crippen LogP contribution is 2.22. The lowest BCUT2D eigenvalue weighted by Crippen LogP contribution is -2.14. The normalized spacial score (nSPS) is 10.1. The maximum atomic E-state index is 13.0. The van der Waals surface area contributed by atoms with Gasteiger partial charge in [0.2, 0.25) is 0 Å². The highest BCUT2D eigenvalue weighted by molar-refractivity contribution is 7.80. The Morgan fingerprint density at radius 3 is 2.72 bits per heavy atom. The van der Waals surface area contributed by atoms with Gasteiger partial charge in [-0.1, -0.05) is 23.8 Å². The fourth-order valence-corrected chi connectivity index (χ4v) is 1.65. The molecule has 2 rings (SSSR count). The third-order valence-corrected chi connectivity index (χ3v) is 2.60. The van der Waals surface area contributed by atoms with Crippen molar-refractivity contribution in [3.63, 3.8) is 0 Å². The van der Waals surface area contributed by atoms with E-state index in [9.17, 15) is 4.39 Å². The van der Waals surface area contributed by atoms with Gasteiger partial charge in [0.1, 0.15) is 16.5 Å². The van der Waals surface area contributed by atoms with Crippen LogP contribution in [0.2, 0.25) is 5.02 Å². The van der Waals surface area contributed by atoms with Crippen LogP contribution in [0, 0.1) is 5.82 Å². The Morgan fingerprint density at radius 1 is 1.33 bits per heavy atom. The number of nitrogens with zero attached hydrogens (tertiary/aromatic N) is 2. The average Bonchev–Trinajstić information content (AvgIpc) is 2.34. The van der Waals surface area contributed by atoms with E-state index in [4.69, 9.17) is 29.6 Å². The van der Waals surface area contributed by atoms with Gasteiger partial charge in [-0.3, -0.25) is 0 Å². The molecule has 0 fully saturated rings. The van der Waals surface area contributed by atoms with E-state index in [1.807, 2.05) is 0 Å². The summed E-state index contributed by atoms with van der Waals surface area (Å²) < 4.78 is 13.0. The zero-order chi connectivity index (χ0) is 13.1. The quantitative estimate of drug-likeness (QED) is 0.848. The lowest BCUT2D eigenvalue weighted by Gasteiger charge is -2.09. The number of nitrogens with two attached hydrogens (primary N) is 1. The molecule has 1 aromatic carbocycles. The Labute approximate surface area is 113 Å². The van der Waals surface area contributed by atoms with Crippen molar-refractivity contribution in [2.75, 3.05) is 5.32 Å². The maximum absolute atomic E-state index is 13.0. The van der Waals surface area contributed by atoms with Gasteiger partial charge in [0.05, 0.1) is 5.02 Å². The van der Waals surface area contributed by atoms with Crippen LogP contribution in [0.1, 0.15) is 5.69 Å². The number of thiocarbonyl (C=S) groups is 1. The minimum Gasteiger partial charge on any atom is -0.388 e. The van der Waals surface area contributed by atoms with Crippen LogP contribution in [0.15, 0.2) is 30.6 Å². The molecule has 1 aromatic heterocycles. The Morgan fingerprint density at radius 2 is 2.06 bits per heavy atom. The van der Waals surface area contributed by atoms with Gasteiger partial charge in [-0.25, -0.2) is 14.4 Å². The molecule has 0 aliphatic carbocycles. The second-order valence-electron chi connectivity index (χ2n) is 3.37. The topological polar surface area (TPSA) is 63.8 Å². The third-order valence-electron chi connectivity index (χ3n) is 2.11. The summed E-state index contributed by atoms with van der Waals surface area (Å²) in [5.74, 6) is -0.0939. The van der Waals surface area contributed by atoms with Crippen molar-refractivity contribution in [3.05, 3.63) is 47.1 Å². The summed E-state index contributed by atoms with van der Waals surface area (Å²) in [5, 5.41) is 2.94. The first-order chi connectivity index (χ1) is 8.58. The maximum Gasteiger partial charge on any atom is 0.159 e. The zero-order valence-corrected chi connectivity index (χ0v) is 10.6. The molecule has 0 radical (unpaired) electrons. The van der Waals surface area contributed by atoms with Gasteiger partial charge in [0, 0.05) is 18.1 Å². The summed E-state index contributed by atoms with van der Waals surface area (Å²) >= 11 is 10.5. The van der Waals surface area contributed by atoms with Gasteiger partial charge < -0.3 is 11.1 Å². The van der Waals surface area contributed by atoms with E-state index in [1.165, 1.54) is 30.6 Å². The van der Waals surface area contributed by atoms with Gasteiger partial charge in [0.25, 0.3) is 0 Å². The molecular formula is C11H8ClFN4S.